The third-order valence-corrected chi connectivity index (χ3v) is 4.70. The summed E-state index contributed by atoms with van der Waals surface area (Å²) in [5.41, 5.74) is 1.22. The van der Waals surface area contributed by atoms with Gasteiger partial charge in [-0.15, -0.1) is 0 Å². The lowest BCUT2D eigenvalue weighted by Gasteiger charge is -2.21. The van der Waals surface area contributed by atoms with Crippen molar-refractivity contribution < 1.29 is 19.1 Å². The molecule has 0 spiro atoms. The molecule has 26 heavy (non-hydrogen) atoms. The average Bonchev–Trinajstić information content (AvgIpc) is 2.98. The zero-order valence-electron chi connectivity index (χ0n) is 15.1. The highest BCUT2D eigenvalue weighted by molar-refractivity contribution is 8.18. The summed E-state index contributed by atoms with van der Waals surface area (Å²) in [6.07, 6.45) is 3.61. The van der Waals surface area contributed by atoms with E-state index in [1.807, 2.05) is 42.1 Å². The lowest BCUT2D eigenvalue weighted by atomic mass is 10.1. The zero-order chi connectivity index (χ0) is 19.1. The van der Waals surface area contributed by atoms with Crippen LogP contribution in [-0.2, 0) is 21.4 Å². The Labute approximate surface area is 155 Å². The zero-order valence-corrected chi connectivity index (χ0v) is 15.9. The summed E-state index contributed by atoms with van der Waals surface area (Å²) in [7, 11) is 1.92. The molecule has 1 aromatic heterocycles. The van der Waals surface area contributed by atoms with E-state index in [1.54, 1.807) is 26.8 Å². The monoisotopic (exact) mass is 372 g/mol. The molecule has 0 atom stereocenters. The van der Waals surface area contributed by atoms with Crippen LogP contribution in [0.2, 0.25) is 0 Å². The molecule has 0 N–H and O–H groups in total. The maximum absolute atomic E-state index is 12.6. The first-order chi connectivity index (χ1) is 12.2. The molecule has 1 aliphatic rings. The minimum atomic E-state index is -0.669. The predicted molar refractivity (Wildman–Crippen MR) is 101 cm³/mol. The summed E-state index contributed by atoms with van der Waals surface area (Å²) < 4.78 is 7.16. The highest BCUT2D eigenvalue weighted by Crippen LogP contribution is 2.34. The summed E-state index contributed by atoms with van der Waals surface area (Å²) in [5, 5.41) is 0.529. The fourth-order valence-corrected chi connectivity index (χ4v) is 3.60. The Bertz CT molecular complexity index is 937. The molecule has 0 aliphatic carbocycles. The van der Waals surface area contributed by atoms with E-state index in [-0.39, 0.29) is 6.54 Å². The standard InChI is InChI=1S/C19H20N2O4S/c1-19(2,3)25-16(22)11-21-17(23)15(26-18(21)24)9-12-10-20(4)14-8-6-5-7-13(12)14/h5-10H,11H2,1-4H3/b15-9-. The Morgan fingerprint density at radius 1 is 1.23 bits per heavy atom. The molecule has 2 amide bonds. The highest BCUT2D eigenvalue weighted by Gasteiger charge is 2.37. The molecule has 0 unspecified atom stereocenters. The van der Waals surface area contributed by atoms with Gasteiger partial charge in [-0.3, -0.25) is 19.3 Å². The minimum absolute atomic E-state index is 0.301. The molecule has 0 radical (unpaired) electrons. The van der Waals surface area contributed by atoms with Crippen molar-refractivity contribution in [2.24, 2.45) is 7.05 Å². The van der Waals surface area contributed by atoms with Gasteiger partial charge in [0.05, 0.1) is 4.91 Å². The number of fused-ring (bicyclic) bond motifs is 1. The molecule has 3 rings (SSSR count). The van der Waals surface area contributed by atoms with E-state index >= 15 is 0 Å². The molecule has 0 bridgehead atoms. The molecule has 0 saturated carbocycles. The van der Waals surface area contributed by atoms with E-state index in [0.717, 1.165) is 33.1 Å². The van der Waals surface area contributed by atoms with Gasteiger partial charge in [-0.2, -0.15) is 0 Å². The second-order valence-corrected chi connectivity index (χ2v) is 8.06. The van der Waals surface area contributed by atoms with E-state index in [1.165, 1.54) is 0 Å². The van der Waals surface area contributed by atoms with Gasteiger partial charge in [0.2, 0.25) is 0 Å². The fourth-order valence-electron chi connectivity index (χ4n) is 2.77. The molecular weight excluding hydrogens is 352 g/mol. The number of benzene rings is 1. The number of esters is 1. The summed E-state index contributed by atoms with van der Waals surface area (Å²) in [4.78, 5) is 37.9. The summed E-state index contributed by atoms with van der Waals surface area (Å²) in [6.45, 7) is 4.83. The maximum atomic E-state index is 12.6. The van der Waals surface area contributed by atoms with Crippen LogP contribution in [0, 0.1) is 0 Å². The van der Waals surface area contributed by atoms with Gasteiger partial charge in [0.25, 0.3) is 11.1 Å². The second-order valence-electron chi connectivity index (χ2n) is 7.07. The van der Waals surface area contributed by atoms with Crippen molar-refractivity contribution in [2.75, 3.05) is 6.54 Å². The number of hydrogen-bond donors (Lipinski definition) is 0. The van der Waals surface area contributed by atoms with Crippen LogP contribution < -0.4 is 0 Å². The normalized spacial score (nSPS) is 16.8. The van der Waals surface area contributed by atoms with Gasteiger partial charge in [-0.1, -0.05) is 18.2 Å². The molecule has 1 saturated heterocycles. The van der Waals surface area contributed by atoms with Crippen LogP contribution in [0.5, 0.6) is 0 Å². The topological polar surface area (TPSA) is 68.6 Å². The first-order valence-electron chi connectivity index (χ1n) is 8.17. The SMILES string of the molecule is Cn1cc(/C=C2\SC(=O)N(CC(=O)OC(C)(C)C)C2=O)c2ccccc21. The molecule has 6 nitrogen and oxygen atoms in total. The molecule has 2 aromatic rings. The maximum Gasteiger partial charge on any atom is 0.326 e. The minimum Gasteiger partial charge on any atom is -0.459 e. The highest BCUT2D eigenvalue weighted by atomic mass is 32.2. The molecule has 1 fully saturated rings. The number of aromatic nitrogens is 1. The van der Waals surface area contributed by atoms with E-state index in [0.29, 0.717) is 4.91 Å². The number of thioether (sulfide) groups is 1. The fraction of sp³-hybridized carbons (Fsp3) is 0.316. The van der Waals surface area contributed by atoms with Crippen LogP contribution >= 0.6 is 11.8 Å². The van der Waals surface area contributed by atoms with Crippen molar-refractivity contribution in [3.8, 4) is 0 Å². The Balaban J connectivity index is 1.84. The van der Waals surface area contributed by atoms with Gasteiger partial charge < -0.3 is 9.30 Å². The quantitative estimate of drug-likeness (QED) is 0.609. The Kier molecular flexibility index (Phi) is 4.66. The van der Waals surface area contributed by atoms with Gasteiger partial charge in [0, 0.05) is 29.7 Å². The average molecular weight is 372 g/mol. The number of nitrogens with zero attached hydrogens (tertiary/aromatic N) is 2. The van der Waals surface area contributed by atoms with Crippen molar-refractivity contribution in [3.63, 3.8) is 0 Å². The number of ether oxygens (including phenoxy) is 1. The molecule has 136 valence electrons. The number of aryl methyl sites for hydroxylation is 1. The van der Waals surface area contributed by atoms with Gasteiger partial charge in [-0.25, -0.2) is 0 Å². The Morgan fingerprint density at radius 3 is 2.62 bits per heavy atom. The van der Waals surface area contributed by atoms with Crippen molar-refractivity contribution in [3.05, 3.63) is 40.9 Å². The van der Waals surface area contributed by atoms with Crippen LogP contribution in [0.25, 0.3) is 17.0 Å². The van der Waals surface area contributed by atoms with E-state index in [9.17, 15) is 14.4 Å². The van der Waals surface area contributed by atoms with Crippen molar-refractivity contribution >= 4 is 45.9 Å². The van der Waals surface area contributed by atoms with Gasteiger partial charge in [0.1, 0.15) is 12.1 Å². The summed E-state index contributed by atoms with van der Waals surface area (Å²) >= 11 is 0.836. The largest absolute Gasteiger partial charge is 0.459 e. The van der Waals surface area contributed by atoms with Gasteiger partial charge in [-0.05, 0) is 44.7 Å². The summed E-state index contributed by atoms with van der Waals surface area (Å²) in [5.74, 6) is -1.08. The molecular formula is C19H20N2O4S. The Hall–Kier alpha value is -2.54. The van der Waals surface area contributed by atoms with Gasteiger partial charge >= 0.3 is 5.97 Å². The predicted octanol–water partition coefficient (Wildman–Crippen LogP) is 3.56. The van der Waals surface area contributed by atoms with Crippen molar-refractivity contribution in [2.45, 2.75) is 26.4 Å². The Morgan fingerprint density at radius 2 is 1.92 bits per heavy atom. The van der Waals surface area contributed by atoms with Crippen LogP contribution in [-0.4, -0.2) is 38.7 Å². The van der Waals surface area contributed by atoms with Crippen LogP contribution in [0.3, 0.4) is 0 Å². The van der Waals surface area contributed by atoms with Crippen LogP contribution in [0.1, 0.15) is 26.3 Å². The van der Waals surface area contributed by atoms with Crippen LogP contribution in [0.4, 0.5) is 4.79 Å². The third-order valence-electron chi connectivity index (χ3n) is 3.80. The number of carbonyl (C=O) groups is 3. The smallest absolute Gasteiger partial charge is 0.326 e. The molecule has 7 heteroatoms. The van der Waals surface area contributed by atoms with Crippen LogP contribution in [0.15, 0.2) is 35.4 Å². The molecule has 1 aromatic carbocycles. The van der Waals surface area contributed by atoms with Crippen molar-refractivity contribution in [1.82, 2.24) is 9.47 Å². The number of hydrogen-bond acceptors (Lipinski definition) is 5. The molecule has 1 aliphatic heterocycles. The van der Waals surface area contributed by atoms with Gasteiger partial charge in [0.15, 0.2) is 0 Å². The third kappa shape index (κ3) is 3.67. The number of rotatable bonds is 3. The number of amides is 2. The van der Waals surface area contributed by atoms with E-state index < -0.39 is 22.7 Å². The van der Waals surface area contributed by atoms with E-state index in [2.05, 4.69) is 0 Å². The lowest BCUT2D eigenvalue weighted by molar-refractivity contribution is -0.156. The first-order valence-corrected chi connectivity index (χ1v) is 8.98. The molecule has 2 heterocycles. The summed E-state index contributed by atoms with van der Waals surface area (Å²) in [6, 6.07) is 7.82. The first kappa shape index (κ1) is 18.3. The number of imide groups is 1. The van der Waals surface area contributed by atoms with Crippen molar-refractivity contribution in [1.29, 1.82) is 0 Å². The lowest BCUT2D eigenvalue weighted by Crippen LogP contribution is -2.37. The second kappa shape index (κ2) is 6.64. The van der Waals surface area contributed by atoms with E-state index in [4.69, 9.17) is 4.74 Å². The number of carbonyl (C=O) groups excluding carboxylic acids is 3. The number of para-hydroxylation sites is 1.